The van der Waals surface area contributed by atoms with Gasteiger partial charge in [0.25, 0.3) is 0 Å². The summed E-state index contributed by atoms with van der Waals surface area (Å²) in [5.74, 6) is 1.62. The summed E-state index contributed by atoms with van der Waals surface area (Å²) in [6.45, 7) is 8.74. The first kappa shape index (κ1) is 21.2. The minimum atomic E-state index is -0.222. The Balaban J connectivity index is 1.44. The molecule has 31 heavy (non-hydrogen) atoms. The molecular formula is C23H32N6O2. The van der Waals surface area contributed by atoms with E-state index in [0.29, 0.717) is 25.6 Å². The van der Waals surface area contributed by atoms with Crippen molar-refractivity contribution in [3.63, 3.8) is 0 Å². The first-order chi connectivity index (χ1) is 15.0. The van der Waals surface area contributed by atoms with Crippen molar-refractivity contribution in [1.29, 1.82) is 0 Å². The fourth-order valence-corrected chi connectivity index (χ4v) is 4.36. The molecule has 1 aromatic carbocycles. The second-order valence-electron chi connectivity index (χ2n) is 8.30. The van der Waals surface area contributed by atoms with Gasteiger partial charge in [-0.2, -0.15) is 4.98 Å². The molecule has 1 unspecified atom stereocenters. The number of anilines is 3. The van der Waals surface area contributed by atoms with Gasteiger partial charge < -0.3 is 24.8 Å². The minimum Gasteiger partial charge on any atom is -0.450 e. The summed E-state index contributed by atoms with van der Waals surface area (Å²) in [5, 5.41) is 3.47. The molecule has 0 saturated carbocycles. The lowest BCUT2D eigenvalue weighted by Gasteiger charge is -2.43. The third kappa shape index (κ3) is 4.38. The average molecular weight is 425 g/mol. The molecule has 3 heterocycles. The van der Waals surface area contributed by atoms with Crippen molar-refractivity contribution in [1.82, 2.24) is 14.9 Å². The van der Waals surface area contributed by atoms with Gasteiger partial charge >= 0.3 is 6.09 Å². The molecule has 2 aliphatic heterocycles. The molecule has 2 aromatic rings. The third-order valence-corrected chi connectivity index (χ3v) is 6.31. The molecule has 1 fully saturated rings. The highest BCUT2D eigenvalue weighted by atomic mass is 16.6. The molecule has 0 spiro atoms. The molecule has 1 aromatic heterocycles. The summed E-state index contributed by atoms with van der Waals surface area (Å²) in [5.41, 5.74) is 3.62. The van der Waals surface area contributed by atoms with Gasteiger partial charge in [-0.15, -0.1) is 0 Å². The number of ether oxygens (including phenoxy) is 1. The van der Waals surface area contributed by atoms with Crippen LogP contribution in [0.25, 0.3) is 0 Å². The monoisotopic (exact) mass is 424 g/mol. The van der Waals surface area contributed by atoms with Gasteiger partial charge in [-0.3, -0.25) is 0 Å². The van der Waals surface area contributed by atoms with E-state index >= 15 is 0 Å². The Morgan fingerprint density at radius 3 is 2.71 bits per heavy atom. The Hall–Kier alpha value is -3.03. The molecule has 1 amide bonds. The van der Waals surface area contributed by atoms with Crippen LogP contribution in [0.4, 0.5) is 22.2 Å². The van der Waals surface area contributed by atoms with E-state index in [4.69, 9.17) is 9.72 Å². The Morgan fingerprint density at radius 2 is 2.00 bits per heavy atom. The average Bonchev–Trinajstić information content (AvgIpc) is 2.78. The normalized spacial score (nSPS) is 19.2. The maximum absolute atomic E-state index is 11.9. The van der Waals surface area contributed by atoms with Gasteiger partial charge in [-0.1, -0.05) is 18.2 Å². The highest BCUT2D eigenvalue weighted by Gasteiger charge is 2.30. The number of aromatic nitrogens is 2. The van der Waals surface area contributed by atoms with Gasteiger partial charge in [0.05, 0.1) is 13.2 Å². The number of nitrogens with zero attached hydrogens (tertiary/aromatic N) is 5. The van der Waals surface area contributed by atoms with Gasteiger partial charge in [0, 0.05) is 43.6 Å². The van der Waals surface area contributed by atoms with Crippen molar-refractivity contribution in [2.24, 2.45) is 0 Å². The van der Waals surface area contributed by atoms with Gasteiger partial charge in [0.15, 0.2) is 0 Å². The number of fused-ring (bicyclic) bond motifs is 1. The maximum Gasteiger partial charge on any atom is 0.409 e. The molecule has 0 radical (unpaired) electrons. The fourth-order valence-electron chi connectivity index (χ4n) is 4.36. The smallest absolute Gasteiger partial charge is 0.409 e. The number of piperidine rings is 1. The first-order valence-electron chi connectivity index (χ1n) is 11.1. The van der Waals surface area contributed by atoms with E-state index in [1.54, 1.807) is 4.90 Å². The second kappa shape index (κ2) is 8.99. The van der Waals surface area contributed by atoms with Gasteiger partial charge in [-0.25, -0.2) is 9.78 Å². The Bertz CT molecular complexity index is 928. The van der Waals surface area contributed by atoms with Crippen LogP contribution in [0.2, 0.25) is 0 Å². The number of aryl methyl sites for hydroxylation is 1. The van der Waals surface area contributed by atoms with Crippen LogP contribution < -0.4 is 15.1 Å². The number of rotatable bonds is 4. The van der Waals surface area contributed by atoms with Crippen molar-refractivity contribution >= 4 is 23.5 Å². The molecule has 8 nitrogen and oxygen atoms in total. The third-order valence-electron chi connectivity index (χ3n) is 6.31. The number of hydrogen-bond donors (Lipinski definition) is 1. The van der Waals surface area contributed by atoms with Crippen molar-refractivity contribution in [2.45, 2.75) is 52.4 Å². The van der Waals surface area contributed by atoms with Crippen LogP contribution in [0.15, 0.2) is 30.5 Å². The van der Waals surface area contributed by atoms with E-state index in [-0.39, 0.29) is 18.3 Å². The van der Waals surface area contributed by atoms with Gasteiger partial charge in [-0.05, 0) is 45.2 Å². The number of nitrogens with one attached hydrogen (secondary N) is 1. The maximum atomic E-state index is 11.9. The number of amides is 1. The predicted molar refractivity (Wildman–Crippen MR) is 122 cm³/mol. The van der Waals surface area contributed by atoms with Crippen LogP contribution in [0.1, 0.15) is 37.8 Å². The van der Waals surface area contributed by atoms with E-state index in [1.165, 1.54) is 11.3 Å². The van der Waals surface area contributed by atoms with E-state index in [1.807, 2.05) is 13.1 Å². The molecule has 166 valence electrons. The molecule has 1 atom stereocenters. The molecule has 4 rings (SSSR count). The zero-order chi connectivity index (χ0) is 22.0. The SMILES string of the molecule is CCOC(=O)N1CCC(Nc2ncc3c(n2)N(C)C(C)N(c2ccccc2C)C3)CC1. The highest BCUT2D eigenvalue weighted by molar-refractivity contribution is 5.67. The second-order valence-corrected chi connectivity index (χ2v) is 8.30. The van der Waals surface area contributed by atoms with E-state index < -0.39 is 0 Å². The van der Waals surface area contributed by atoms with Crippen molar-refractivity contribution in [3.05, 3.63) is 41.6 Å². The number of benzene rings is 1. The Morgan fingerprint density at radius 1 is 1.26 bits per heavy atom. The fraction of sp³-hybridized carbons (Fsp3) is 0.522. The number of carbonyl (C=O) groups is 1. The topological polar surface area (TPSA) is 73.8 Å². The standard InChI is InChI=1S/C23H32N6O2/c1-5-31-23(30)28-12-10-19(11-13-28)25-22-24-14-18-15-29(17(3)27(4)21(18)26-22)20-9-7-6-8-16(20)2/h6-9,14,17,19H,5,10-13,15H2,1-4H3,(H,24,25,26). The lowest BCUT2D eigenvalue weighted by molar-refractivity contribution is 0.0983. The summed E-state index contributed by atoms with van der Waals surface area (Å²) in [6.07, 6.45) is 3.61. The lowest BCUT2D eigenvalue weighted by Crippen LogP contribution is -2.49. The van der Waals surface area contributed by atoms with E-state index in [0.717, 1.165) is 30.8 Å². The van der Waals surface area contributed by atoms with Crippen LogP contribution in [0.3, 0.4) is 0 Å². The zero-order valence-corrected chi connectivity index (χ0v) is 18.8. The highest BCUT2D eigenvalue weighted by Crippen LogP contribution is 2.33. The summed E-state index contributed by atoms with van der Waals surface area (Å²) < 4.78 is 5.10. The number of carbonyl (C=O) groups excluding carboxylic acids is 1. The van der Waals surface area contributed by atoms with Crippen LogP contribution in [0.5, 0.6) is 0 Å². The molecule has 1 saturated heterocycles. The van der Waals surface area contributed by atoms with Crippen LogP contribution >= 0.6 is 0 Å². The summed E-state index contributed by atoms with van der Waals surface area (Å²) in [7, 11) is 2.09. The Kier molecular flexibility index (Phi) is 6.15. The summed E-state index contributed by atoms with van der Waals surface area (Å²) in [6, 6.07) is 8.72. The minimum absolute atomic E-state index is 0.184. The van der Waals surface area contributed by atoms with Crippen molar-refractivity contribution in [2.75, 3.05) is 41.9 Å². The molecule has 2 aliphatic rings. The van der Waals surface area contributed by atoms with E-state index in [2.05, 4.69) is 65.3 Å². The quantitative estimate of drug-likeness (QED) is 0.803. The largest absolute Gasteiger partial charge is 0.450 e. The predicted octanol–water partition coefficient (Wildman–Crippen LogP) is 3.62. The van der Waals surface area contributed by atoms with Crippen molar-refractivity contribution in [3.8, 4) is 0 Å². The Labute approximate surface area is 184 Å². The molecular weight excluding hydrogens is 392 g/mol. The molecule has 0 bridgehead atoms. The van der Waals surface area contributed by atoms with Gasteiger partial charge in [0.1, 0.15) is 12.0 Å². The van der Waals surface area contributed by atoms with E-state index in [9.17, 15) is 4.79 Å². The number of likely N-dealkylation sites (tertiary alicyclic amines) is 1. The lowest BCUT2D eigenvalue weighted by atomic mass is 10.1. The first-order valence-corrected chi connectivity index (χ1v) is 11.1. The molecule has 1 N–H and O–H groups in total. The van der Waals surface area contributed by atoms with Crippen LogP contribution in [-0.4, -0.2) is 59.9 Å². The molecule has 8 heteroatoms. The summed E-state index contributed by atoms with van der Waals surface area (Å²) >= 11 is 0. The van der Waals surface area contributed by atoms with Crippen LogP contribution in [0, 0.1) is 6.92 Å². The van der Waals surface area contributed by atoms with Crippen LogP contribution in [-0.2, 0) is 11.3 Å². The number of hydrogen-bond acceptors (Lipinski definition) is 7. The zero-order valence-electron chi connectivity index (χ0n) is 18.8. The molecule has 0 aliphatic carbocycles. The summed E-state index contributed by atoms with van der Waals surface area (Å²) in [4.78, 5) is 27.7. The van der Waals surface area contributed by atoms with Crippen molar-refractivity contribution < 1.29 is 9.53 Å². The van der Waals surface area contributed by atoms with Gasteiger partial charge in [0.2, 0.25) is 5.95 Å². The number of para-hydroxylation sites is 1.